The molecule has 5 heterocycles. The van der Waals surface area contributed by atoms with E-state index in [4.69, 9.17) is 0 Å². The Balaban J connectivity index is 0.000000147. The van der Waals surface area contributed by atoms with E-state index < -0.39 is 0 Å². The maximum absolute atomic E-state index is 4.62. The maximum atomic E-state index is 4.62. The fraction of sp³-hybridized carbons (Fsp3) is 0. The Morgan fingerprint density at radius 1 is 0.368 bits per heavy atom. The number of nitrogens with one attached hydrogen (secondary N) is 2. The van der Waals surface area contributed by atoms with E-state index in [-0.39, 0.29) is 0 Å². The summed E-state index contributed by atoms with van der Waals surface area (Å²) in [6, 6.07) is 37.8. The first-order valence-corrected chi connectivity index (χ1v) is 12.7. The zero-order chi connectivity index (χ0) is 25.3. The van der Waals surface area contributed by atoms with E-state index in [0.717, 1.165) is 44.8 Å². The number of hydrogen-bond donors (Lipinski definition) is 2. The van der Waals surface area contributed by atoms with Crippen molar-refractivity contribution >= 4 is 67.9 Å². The van der Waals surface area contributed by atoms with Crippen LogP contribution < -0.4 is 0 Å². The molecule has 3 aromatic heterocycles. The summed E-state index contributed by atoms with van der Waals surface area (Å²) in [5.41, 5.74) is 7.86. The zero-order valence-corrected chi connectivity index (χ0v) is 20.6. The lowest BCUT2D eigenvalue weighted by atomic mass is 10.0. The highest BCUT2D eigenvalue weighted by Gasteiger charge is 2.02. The van der Waals surface area contributed by atoms with Gasteiger partial charge in [-0.25, -0.2) is 9.97 Å². The standard InChI is InChI=1S/C20H14N4.C14H10/c1-2-14-10-16-5-6-18(23-16)12-20-8-7-19(24-20)11-17-4-3-15(22-17)9-13(1)21-14;1-3-7-13-11(5-1)9-10-12-6-2-4-8-14(12)13/h1-12,21-22H;1-10H. The average molecular weight is 489 g/mol. The monoisotopic (exact) mass is 488 g/mol. The summed E-state index contributed by atoms with van der Waals surface area (Å²) in [5.74, 6) is 0. The number of H-pyrrole nitrogens is 2. The van der Waals surface area contributed by atoms with Crippen molar-refractivity contribution in [3.63, 3.8) is 0 Å². The van der Waals surface area contributed by atoms with Gasteiger partial charge < -0.3 is 9.97 Å². The highest BCUT2D eigenvalue weighted by atomic mass is 14.8. The second kappa shape index (κ2) is 9.34. The van der Waals surface area contributed by atoms with Crippen molar-refractivity contribution in [3.05, 3.63) is 132 Å². The van der Waals surface area contributed by atoms with Gasteiger partial charge in [-0.3, -0.25) is 0 Å². The van der Waals surface area contributed by atoms with E-state index >= 15 is 0 Å². The van der Waals surface area contributed by atoms with Gasteiger partial charge in [0.25, 0.3) is 0 Å². The Morgan fingerprint density at radius 3 is 1.24 bits per heavy atom. The lowest BCUT2D eigenvalue weighted by Crippen LogP contribution is -1.77. The predicted molar refractivity (Wildman–Crippen MR) is 160 cm³/mol. The third-order valence-electron chi connectivity index (χ3n) is 6.70. The molecular weight excluding hydrogens is 464 g/mol. The van der Waals surface area contributed by atoms with E-state index in [9.17, 15) is 0 Å². The highest BCUT2D eigenvalue weighted by Crippen LogP contribution is 2.24. The number of rotatable bonds is 0. The molecule has 0 saturated heterocycles. The van der Waals surface area contributed by atoms with Crippen LogP contribution in [0, 0.1) is 0 Å². The zero-order valence-electron chi connectivity index (χ0n) is 20.6. The second-order valence-electron chi connectivity index (χ2n) is 9.41. The molecular formula is C34H24N4. The Kier molecular flexibility index (Phi) is 5.41. The summed E-state index contributed by atoms with van der Waals surface area (Å²) in [6.07, 6.45) is 8.05. The van der Waals surface area contributed by atoms with Crippen LogP contribution >= 0.6 is 0 Å². The van der Waals surface area contributed by atoms with Crippen LogP contribution in [0.15, 0.2) is 109 Å². The number of nitrogens with zero attached hydrogens (tertiary/aromatic N) is 2. The average Bonchev–Trinajstić information content (AvgIpc) is 3.76. The quantitative estimate of drug-likeness (QED) is 0.210. The van der Waals surface area contributed by atoms with Crippen molar-refractivity contribution in [1.82, 2.24) is 19.9 Å². The van der Waals surface area contributed by atoms with Crippen molar-refractivity contribution in [2.24, 2.45) is 0 Å². The summed E-state index contributed by atoms with van der Waals surface area (Å²) in [6.45, 7) is 0. The van der Waals surface area contributed by atoms with Gasteiger partial charge in [0.15, 0.2) is 0 Å². The minimum atomic E-state index is 0.915. The minimum Gasteiger partial charge on any atom is -0.355 e. The highest BCUT2D eigenvalue weighted by molar-refractivity contribution is 6.07. The molecule has 0 aliphatic carbocycles. The molecule has 2 aliphatic heterocycles. The third kappa shape index (κ3) is 4.51. The number of aromatic amines is 2. The molecule has 8 rings (SSSR count). The summed E-state index contributed by atoms with van der Waals surface area (Å²) >= 11 is 0. The molecule has 3 aromatic carbocycles. The van der Waals surface area contributed by atoms with E-state index in [0.29, 0.717) is 0 Å². The molecule has 180 valence electrons. The van der Waals surface area contributed by atoms with E-state index in [2.05, 4.69) is 111 Å². The van der Waals surface area contributed by atoms with Crippen LogP contribution in [0.1, 0.15) is 22.8 Å². The van der Waals surface area contributed by atoms with Gasteiger partial charge in [-0.15, -0.1) is 0 Å². The second-order valence-corrected chi connectivity index (χ2v) is 9.41. The summed E-state index contributed by atoms with van der Waals surface area (Å²) in [5, 5.41) is 5.30. The molecule has 0 amide bonds. The molecule has 0 atom stereocenters. The van der Waals surface area contributed by atoms with Crippen LogP contribution in [0.4, 0.5) is 0 Å². The molecule has 38 heavy (non-hydrogen) atoms. The van der Waals surface area contributed by atoms with Gasteiger partial charge in [-0.2, -0.15) is 0 Å². The van der Waals surface area contributed by atoms with Crippen LogP contribution in [0.5, 0.6) is 0 Å². The fourth-order valence-corrected chi connectivity index (χ4v) is 4.90. The Hall–Kier alpha value is -5.22. The van der Waals surface area contributed by atoms with E-state index in [1.807, 2.05) is 42.5 Å². The molecule has 2 aliphatic rings. The van der Waals surface area contributed by atoms with Gasteiger partial charge in [0, 0.05) is 22.1 Å². The van der Waals surface area contributed by atoms with Crippen molar-refractivity contribution in [3.8, 4) is 0 Å². The predicted octanol–water partition coefficient (Wildman–Crippen LogP) is 8.65. The number of hydrogen-bond acceptors (Lipinski definition) is 2. The summed E-state index contributed by atoms with van der Waals surface area (Å²) in [4.78, 5) is 16.0. The minimum absolute atomic E-state index is 0.915. The number of benzene rings is 3. The van der Waals surface area contributed by atoms with Gasteiger partial charge in [0.2, 0.25) is 0 Å². The van der Waals surface area contributed by atoms with Gasteiger partial charge in [0.05, 0.1) is 22.8 Å². The molecule has 2 N–H and O–H groups in total. The largest absolute Gasteiger partial charge is 0.355 e. The molecule has 0 radical (unpaired) electrons. The molecule has 0 unspecified atom stereocenters. The first-order chi connectivity index (χ1) is 18.7. The SMILES string of the molecule is C1=Cc2cc3ccc(cc4ccc(cc5nc(cc1n2)C=C5)[nH]4)[nH]3.c1ccc2c(c1)ccc1ccccc12. The van der Waals surface area contributed by atoms with Gasteiger partial charge in [-0.1, -0.05) is 60.7 Å². The Bertz CT molecular complexity index is 1900. The van der Waals surface area contributed by atoms with Crippen LogP contribution in [-0.4, -0.2) is 19.9 Å². The first kappa shape index (κ1) is 22.0. The van der Waals surface area contributed by atoms with Crippen LogP contribution in [0.3, 0.4) is 0 Å². The summed E-state index contributed by atoms with van der Waals surface area (Å²) in [7, 11) is 0. The summed E-state index contributed by atoms with van der Waals surface area (Å²) < 4.78 is 0. The molecule has 0 fully saturated rings. The van der Waals surface area contributed by atoms with E-state index in [1.165, 1.54) is 21.5 Å². The van der Waals surface area contributed by atoms with Crippen molar-refractivity contribution < 1.29 is 0 Å². The van der Waals surface area contributed by atoms with Gasteiger partial charge in [0.1, 0.15) is 0 Å². The van der Waals surface area contributed by atoms with E-state index in [1.54, 1.807) is 0 Å². The van der Waals surface area contributed by atoms with Crippen molar-refractivity contribution in [2.45, 2.75) is 0 Å². The molecule has 4 heteroatoms. The number of aromatic nitrogens is 4. The molecule has 6 aromatic rings. The smallest absolute Gasteiger partial charge is 0.0659 e. The number of fused-ring (bicyclic) bond motifs is 11. The lowest BCUT2D eigenvalue weighted by Gasteiger charge is -2.02. The van der Waals surface area contributed by atoms with Crippen molar-refractivity contribution in [2.75, 3.05) is 0 Å². The molecule has 4 nitrogen and oxygen atoms in total. The Labute approximate surface area is 219 Å². The Morgan fingerprint density at radius 2 is 0.763 bits per heavy atom. The van der Waals surface area contributed by atoms with Crippen LogP contribution in [0.2, 0.25) is 0 Å². The van der Waals surface area contributed by atoms with Gasteiger partial charge in [-0.05, 0) is 94.4 Å². The molecule has 0 saturated carbocycles. The van der Waals surface area contributed by atoms with Crippen molar-refractivity contribution in [1.29, 1.82) is 0 Å². The van der Waals surface area contributed by atoms with Crippen LogP contribution in [0.25, 0.3) is 67.9 Å². The normalized spacial score (nSPS) is 12.0. The molecule has 0 spiro atoms. The first-order valence-electron chi connectivity index (χ1n) is 12.7. The third-order valence-corrected chi connectivity index (χ3v) is 6.70. The molecule has 8 bridgehead atoms. The fourth-order valence-electron chi connectivity index (χ4n) is 4.90. The topological polar surface area (TPSA) is 57.4 Å². The lowest BCUT2D eigenvalue weighted by molar-refractivity contribution is 1.28. The van der Waals surface area contributed by atoms with Gasteiger partial charge >= 0.3 is 0 Å². The maximum Gasteiger partial charge on any atom is 0.0659 e. The van der Waals surface area contributed by atoms with Crippen LogP contribution in [-0.2, 0) is 0 Å².